The number of hydrogen-bond acceptors (Lipinski definition) is 2. The fourth-order valence-corrected chi connectivity index (χ4v) is 2.86. The summed E-state index contributed by atoms with van der Waals surface area (Å²) in [4.78, 5) is 14.2. The molecule has 0 aliphatic heterocycles. The average Bonchev–Trinajstić information content (AvgIpc) is 2.95. The first-order valence-corrected chi connectivity index (χ1v) is 8.69. The van der Waals surface area contributed by atoms with Crippen LogP contribution in [0.3, 0.4) is 0 Å². The molecule has 0 saturated carbocycles. The van der Waals surface area contributed by atoms with Crippen molar-refractivity contribution < 1.29 is 9.18 Å². The molecule has 0 N–H and O–H groups in total. The highest BCUT2D eigenvalue weighted by molar-refractivity contribution is 6.31. The maximum Gasteiger partial charge on any atom is 0.274 e. The Balaban J connectivity index is 2.31. The molecule has 1 aromatic carbocycles. The lowest BCUT2D eigenvalue weighted by atomic mass is 10.1. The third kappa shape index (κ3) is 4.21. The third-order valence-electron chi connectivity index (χ3n) is 3.99. The molecule has 0 radical (unpaired) electrons. The van der Waals surface area contributed by atoms with E-state index in [1.807, 2.05) is 31.5 Å². The molecule has 0 spiro atoms. The van der Waals surface area contributed by atoms with Crippen LogP contribution in [0.2, 0.25) is 5.02 Å². The van der Waals surface area contributed by atoms with Gasteiger partial charge in [0, 0.05) is 23.3 Å². The lowest BCUT2D eigenvalue weighted by molar-refractivity contribution is 0.0776. The molecule has 0 saturated heterocycles. The molecule has 1 heterocycles. The summed E-state index contributed by atoms with van der Waals surface area (Å²) in [5, 5.41) is 4.82. The summed E-state index contributed by atoms with van der Waals surface area (Å²) in [6.07, 6.45) is 0. The van der Waals surface area contributed by atoms with Gasteiger partial charge in [-0.05, 0) is 44.9 Å². The standard InChI is InChI=1S/C19H25ClFN3O/c1-12(2)17-10-16(22-24(17)19(3,4)5)18(25)23(6)11-13-14(20)8-7-9-15(13)21/h7-10,12H,11H2,1-6H3. The van der Waals surface area contributed by atoms with Gasteiger partial charge in [-0.1, -0.05) is 31.5 Å². The molecule has 0 aliphatic rings. The molecule has 6 heteroatoms. The van der Waals surface area contributed by atoms with Crippen LogP contribution in [0, 0.1) is 5.82 Å². The van der Waals surface area contributed by atoms with Crippen LogP contribution in [-0.4, -0.2) is 27.6 Å². The first-order chi connectivity index (χ1) is 11.5. The monoisotopic (exact) mass is 365 g/mol. The second kappa shape index (κ2) is 7.16. The third-order valence-corrected chi connectivity index (χ3v) is 4.34. The molecule has 136 valence electrons. The van der Waals surface area contributed by atoms with Crippen LogP contribution in [0.5, 0.6) is 0 Å². The Morgan fingerprint density at radius 3 is 2.48 bits per heavy atom. The molecular formula is C19H25ClFN3O. The number of aromatic nitrogens is 2. The number of hydrogen-bond donors (Lipinski definition) is 0. The summed E-state index contributed by atoms with van der Waals surface area (Å²) in [5.41, 5.74) is 1.42. The van der Waals surface area contributed by atoms with Crippen molar-refractivity contribution in [1.29, 1.82) is 0 Å². The van der Waals surface area contributed by atoms with Crippen LogP contribution in [-0.2, 0) is 12.1 Å². The normalized spacial score (nSPS) is 11.9. The minimum absolute atomic E-state index is 0.0870. The van der Waals surface area contributed by atoms with E-state index in [0.29, 0.717) is 16.3 Å². The van der Waals surface area contributed by atoms with Crippen molar-refractivity contribution in [3.8, 4) is 0 Å². The Morgan fingerprint density at radius 1 is 1.36 bits per heavy atom. The van der Waals surface area contributed by atoms with Gasteiger partial charge in [-0.25, -0.2) is 4.39 Å². The van der Waals surface area contributed by atoms with Gasteiger partial charge >= 0.3 is 0 Å². The fraction of sp³-hybridized carbons (Fsp3) is 0.474. The predicted octanol–water partition coefficient (Wildman–Crippen LogP) is 4.83. The number of halogens is 2. The van der Waals surface area contributed by atoms with Crippen LogP contribution in [0.1, 0.15) is 62.3 Å². The highest BCUT2D eigenvalue weighted by Crippen LogP contribution is 2.25. The highest BCUT2D eigenvalue weighted by Gasteiger charge is 2.25. The molecule has 0 unspecified atom stereocenters. The van der Waals surface area contributed by atoms with Gasteiger partial charge in [0.1, 0.15) is 5.82 Å². The van der Waals surface area contributed by atoms with Gasteiger partial charge in [0.25, 0.3) is 5.91 Å². The molecule has 2 rings (SSSR count). The second-order valence-corrected chi connectivity index (χ2v) is 7.96. The minimum Gasteiger partial charge on any atom is -0.336 e. The van der Waals surface area contributed by atoms with Crippen molar-refractivity contribution in [1.82, 2.24) is 14.7 Å². The molecule has 1 amide bonds. The van der Waals surface area contributed by atoms with E-state index in [0.717, 1.165) is 5.69 Å². The van der Waals surface area contributed by atoms with E-state index >= 15 is 0 Å². The predicted molar refractivity (Wildman–Crippen MR) is 98.5 cm³/mol. The summed E-state index contributed by atoms with van der Waals surface area (Å²) in [7, 11) is 1.62. The molecule has 0 atom stereocenters. The van der Waals surface area contributed by atoms with Crippen molar-refractivity contribution in [3.05, 3.63) is 52.1 Å². The first kappa shape index (κ1) is 19.4. The van der Waals surface area contributed by atoms with Crippen LogP contribution in [0.25, 0.3) is 0 Å². The van der Waals surface area contributed by atoms with Crippen LogP contribution in [0.4, 0.5) is 4.39 Å². The van der Waals surface area contributed by atoms with Gasteiger partial charge in [0.05, 0.1) is 12.1 Å². The topological polar surface area (TPSA) is 38.1 Å². The van der Waals surface area contributed by atoms with E-state index in [1.54, 1.807) is 19.2 Å². The number of carbonyl (C=O) groups is 1. The molecule has 2 aromatic rings. The van der Waals surface area contributed by atoms with Gasteiger partial charge in [0.15, 0.2) is 5.69 Å². The number of nitrogens with zero attached hydrogens (tertiary/aromatic N) is 3. The van der Waals surface area contributed by atoms with E-state index < -0.39 is 5.82 Å². The van der Waals surface area contributed by atoms with Crippen molar-refractivity contribution >= 4 is 17.5 Å². The Morgan fingerprint density at radius 2 is 2.00 bits per heavy atom. The largest absolute Gasteiger partial charge is 0.336 e. The number of rotatable bonds is 4. The molecule has 1 aromatic heterocycles. The zero-order valence-electron chi connectivity index (χ0n) is 15.6. The quantitative estimate of drug-likeness (QED) is 0.778. The summed E-state index contributed by atoms with van der Waals surface area (Å²) in [6.45, 7) is 10.4. The molecule has 4 nitrogen and oxygen atoms in total. The molecule has 25 heavy (non-hydrogen) atoms. The SMILES string of the molecule is CC(C)c1cc(C(=O)N(C)Cc2c(F)cccc2Cl)nn1C(C)(C)C. The average molecular weight is 366 g/mol. The zero-order valence-corrected chi connectivity index (χ0v) is 16.4. The Labute approximate surface area is 153 Å². The smallest absolute Gasteiger partial charge is 0.274 e. The van der Waals surface area contributed by atoms with Gasteiger partial charge in [-0.15, -0.1) is 0 Å². The highest BCUT2D eigenvalue weighted by atomic mass is 35.5. The van der Waals surface area contributed by atoms with E-state index in [1.165, 1.54) is 11.0 Å². The van der Waals surface area contributed by atoms with Gasteiger partial charge in [0.2, 0.25) is 0 Å². The minimum atomic E-state index is -0.421. The van der Waals surface area contributed by atoms with Crippen LogP contribution in [0.15, 0.2) is 24.3 Å². The number of benzene rings is 1. The first-order valence-electron chi connectivity index (χ1n) is 8.31. The van der Waals surface area contributed by atoms with Gasteiger partial charge < -0.3 is 4.90 Å². The van der Waals surface area contributed by atoms with Gasteiger partial charge in [-0.3, -0.25) is 9.48 Å². The number of carbonyl (C=O) groups excluding carboxylic acids is 1. The fourth-order valence-electron chi connectivity index (χ4n) is 2.64. The molecule has 0 aliphatic carbocycles. The maximum absolute atomic E-state index is 14.0. The van der Waals surface area contributed by atoms with Crippen molar-refractivity contribution in [3.63, 3.8) is 0 Å². The second-order valence-electron chi connectivity index (χ2n) is 7.55. The summed E-state index contributed by atoms with van der Waals surface area (Å²) in [6, 6.07) is 6.31. The summed E-state index contributed by atoms with van der Waals surface area (Å²) >= 11 is 6.06. The van der Waals surface area contributed by atoms with Gasteiger partial charge in [-0.2, -0.15) is 5.10 Å². The summed E-state index contributed by atoms with van der Waals surface area (Å²) < 4.78 is 15.8. The maximum atomic E-state index is 14.0. The van der Waals surface area contributed by atoms with Crippen molar-refractivity contribution in [2.75, 3.05) is 7.05 Å². The zero-order chi connectivity index (χ0) is 18.9. The molecular weight excluding hydrogens is 341 g/mol. The van der Waals surface area contributed by atoms with Crippen molar-refractivity contribution in [2.45, 2.75) is 52.6 Å². The number of amides is 1. The lowest BCUT2D eigenvalue weighted by Gasteiger charge is -2.23. The van der Waals surface area contributed by atoms with Crippen LogP contribution < -0.4 is 0 Å². The van der Waals surface area contributed by atoms with Crippen LogP contribution >= 0.6 is 11.6 Å². The molecule has 0 bridgehead atoms. The van der Waals surface area contributed by atoms with E-state index in [2.05, 4.69) is 18.9 Å². The van der Waals surface area contributed by atoms with Crippen molar-refractivity contribution in [2.24, 2.45) is 0 Å². The Hall–Kier alpha value is -1.88. The summed E-state index contributed by atoms with van der Waals surface area (Å²) in [5.74, 6) is -0.445. The lowest BCUT2D eigenvalue weighted by Crippen LogP contribution is -2.29. The molecule has 0 fully saturated rings. The Bertz CT molecular complexity index is 757. The van der Waals surface area contributed by atoms with E-state index in [-0.39, 0.29) is 23.9 Å². The Kier molecular flexibility index (Phi) is 5.57. The van der Waals surface area contributed by atoms with E-state index in [9.17, 15) is 9.18 Å². The van der Waals surface area contributed by atoms with E-state index in [4.69, 9.17) is 11.6 Å².